The van der Waals surface area contributed by atoms with Crippen LogP contribution >= 0.6 is 0 Å². The molecule has 0 radical (unpaired) electrons. The van der Waals surface area contributed by atoms with E-state index in [1.807, 2.05) is 18.2 Å². The number of hydrogen-bond acceptors (Lipinski definition) is 2. The van der Waals surface area contributed by atoms with Crippen molar-refractivity contribution in [3.63, 3.8) is 0 Å². The lowest BCUT2D eigenvalue weighted by Crippen LogP contribution is -1.99. The minimum atomic E-state index is -0.356. The molecule has 2 nitrogen and oxygen atoms in total. The van der Waals surface area contributed by atoms with Gasteiger partial charge in [0.05, 0.1) is 6.10 Å². The van der Waals surface area contributed by atoms with E-state index in [2.05, 4.69) is 6.58 Å². The van der Waals surface area contributed by atoms with E-state index in [4.69, 9.17) is 4.74 Å². The predicted molar refractivity (Wildman–Crippen MR) is 55.4 cm³/mol. The normalized spacial score (nSPS) is 19.1. The lowest BCUT2D eigenvalue weighted by molar-refractivity contribution is 0.175. The highest BCUT2D eigenvalue weighted by Gasteiger charge is 2.23. The Balaban J connectivity index is 2.31. The first kappa shape index (κ1) is 9.28. The third kappa shape index (κ3) is 1.53. The van der Waals surface area contributed by atoms with Gasteiger partial charge in [0, 0.05) is 5.56 Å². The van der Waals surface area contributed by atoms with Gasteiger partial charge in [0.1, 0.15) is 12.4 Å². The van der Waals surface area contributed by atoms with Crippen molar-refractivity contribution in [3.8, 4) is 5.75 Å². The van der Waals surface area contributed by atoms with E-state index < -0.39 is 0 Å². The molecule has 0 amide bonds. The Morgan fingerprint density at radius 3 is 3.21 bits per heavy atom. The summed E-state index contributed by atoms with van der Waals surface area (Å²) in [6.07, 6.45) is 3.11. The van der Waals surface area contributed by atoms with E-state index in [9.17, 15) is 5.11 Å². The third-order valence-corrected chi connectivity index (χ3v) is 2.53. The second-order valence-corrected chi connectivity index (χ2v) is 3.48. The number of aliphatic hydroxyl groups excluding tert-OH is 1. The van der Waals surface area contributed by atoms with Gasteiger partial charge in [0.25, 0.3) is 0 Å². The lowest BCUT2D eigenvalue weighted by Gasteiger charge is -2.11. The molecule has 1 aromatic carbocycles. The minimum Gasteiger partial charge on any atom is -0.489 e. The number of benzene rings is 1. The fourth-order valence-electron chi connectivity index (χ4n) is 1.90. The van der Waals surface area contributed by atoms with Crippen LogP contribution in [0.5, 0.6) is 5.75 Å². The van der Waals surface area contributed by atoms with E-state index in [0.717, 1.165) is 24.2 Å². The van der Waals surface area contributed by atoms with Crippen LogP contribution < -0.4 is 4.74 Å². The van der Waals surface area contributed by atoms with Crippen molar-refractivity contribution in [3.05, 3.63) is 42.0 Å². The third-order valence-electron chi connectivity index (χ3n) is 2.53. The molecule has 1 aromatic rings. The average Bonchev–Trinajstić information content (AvgIpc) is 2.58. The van der Waals surface area contributed by atoms with Crippen molar-refractivity contribution >= 4 is 0 Å². The molecule has 0 saturated heterocycles. The summed E-state index contributed by atoms with van der Waals surface area (Å²) < 4.78 is 5.49. The summed E-state index contributed by atoms with van der Waals surface area (Å²) in [4.78, 5) is 0. The van der Waals surface area contributed by atoms with Gasteiger partial charge in [-0.15, -0.1) is 0 Å². The molecule has 1 aliphatic rings. The average molecular weight is 190 g/mol. The molecule has 1 atom stereocenters. The number of ether oxygens (including phenoxy) is 1. The molecule has 0 saturated carbocycles. The molecule has 1 N–H and O–H groups in total. The smallest absolute Gasteiger partial charge is 0.125 e. The van der Waals surface area contributed by atoms with Crippen molar-refractivity contribution in [2.45, 2.75) is 18.9 Å². The lowest BCUT2D eigenvalue weighted by atomic mass is 10.1. The van der Waals surface area contributed by atoms with Gasteiger partial charge in [-0.3, -0.25) is 0 Å². The van der Waals surface area contributed by atoms with E-state index in [-0.39, 0.29) is 6.10 Å². The van der Waals surface area contributed by atoms with Crippen molar-refractivity contribution in [2.75, 3.05) is 6.61 Å². The highest BCUT2D eigenvalue weighted by Crippen LogP contribution is 2.37. The van der Waals surface area contributed by atoms with Crippen molar-refractivity contribution in [1.29, 1.82) is 0 Å². The molecule has 0 aromatic heterocycles. The second kappa shape index (κ2) is 3.84. The summed E-state index contributed by atoms with van der Waals surface area (Å²) in [5, 5.41) is 9.76. The van der Waals surface area contributed by atoms with Gasteiger partial charge in [-0.05, 0) is 24.5 Å². The van der Waals surface area contributed by atoms with E-state index >= 15 is 0 Å². The van der Waals surface area contributed by atoms with Crippen LogP contribution in [-0.4, -0.2) is 11.7 Å². The minimum absolute atomic E-state index is 0.356. The molecule has 74 valence electrons. The van der Waals surface area contributed by atoms with Crippen LogP contribution in [-0.2, 0) is 6.42 Å². The van der Waals surface area contributed by atoms with Gasteiger partial charge in [0.2, 0.25) is 0 Å². The van der Waals surface area contributed by atoms with Gasteiger partial charge in [-0.2, -0.15) is 0 Å². The fourth-order valence-corrected chi connectivity index (χ4v) is 1.90. The van der Waals surface area contributed by atoms with Crippen LogP contribution in [0, 0.1) is 0 Å². The topological polar surface area (TPSA) is 29.5 Å². The quantitative estimate of drug-likeness (QED) is 0.740. The van der Waals surface area contributed by atoms with Crippen LogP contribution in [0.3, 0.4) is 0 Å². The summed E-state index contributed by atoms with van der Waals surface area (Å²) in [6.45, 7) is 4.09. The maximum atomic E-state index is 9.76. The van der Waals surface area contributed by atoms with Gasteiger partial charge >= 0.3 is 0 Å². The summed E-state index contributed by atoms with van der Waals surface area (Å²) in [7, 11) is 0. The number of fused-ring (bicyclic) bond motifs is 1. The summed E-state index contributed by atoms with van der Waals surface area (Å²) in [5.41, 5.74) is 2.17. The molecule has 0 spiro atoms. The first-order valence-corrected chi connectivity index (χ1v) is 4.86. The van der Waals surface area contributed by atoms with Crippen molar-refractivity contribution in [1.82, 2.24) is 0 Å². The van der Waals surface area contributed by atoms with E-state index in [1.54, 1.807) is 6.08 Å². The van der Waals surface area contributed by atoms with Crippen LogP contribution in [0.25, 0.3) is 0 Å². The largest absolute Gasteiger partial charge is 0.489 e. The fraction of sp³-hybridized carbons (Fsp3) is 0.333. The van der Waals surface area contributed by atoms with Gasteiger partial charge in [-0.1, -0.05) is 24.8 Å². The van der Waals surface area contributed by atoms with E-state index in [0.29, 0.717) is 6.61 Å². The first-order chi connectivity index (χ1) is 6.83. The molecule has 2 heteroatoms. The molecule has 14 heavy (non-hydrogen) atoms. The number of aryl methyl sites for hydroxylation is 1. The number of aliphatic hydroxyl groups is 1. The van der Waals surface area contributed by atoms with Crippen molar-refractivity contribution in [2.24, 2.45) is 0 Å². The monoisotopic (exact) mass is 190 g/mol. The summed E-state index contributed by atoms with van der Waals surface area (Å²) >= 11 is 0. The Morgan fingerprint density at radius 2 is 2.43 bits per heavy atom. The van der Waals surface area contributed by atoms with Crippen LogP contribution in [0.4, 0.5) is 0 Å². The van der Waals surface area contributed by atoms with Crippen LogP contribution in [0.15, 0.2) is 30.9 Å². The Hall–Kier alpha value is -1.28. The predicted octanol–water partition coefficient (Wildman–Crippen LogP) is 2.23. The van der Waals surface area contributed by atoms with Crippen LogP contribution in [0.2, 0.25) is 0 Å². The second-order valence-electron chi connectivity index (χ2n) is 3.48. The molecule has 0 aliphatic heterocycles. The maximum absolute atomic E-state index is 9.76. The SMILES string of the molecule is C=CCOc1cccc2c1[C@H](O)CC2. The Labute approximate surface area is 83.8 Å². The Bertz CT molecular complexity index is 344. The maximum Gasteiger partial charge on any atom is 0.125 e. The molecular formula is C12H14O2. The standard InChI is InChI=1S/C12H14O2/c1-2-8-14-11-5-3-4-9-6-7-10(13)12(9)11/h2-5,10,13H,1,6-8H2/t10-/m1/s1. The van der Waals surface area contributed by atoms with Gasteiger partial charge in [-0.25, -0.2) is 0 Å². The Kier molecular flexibility index (Phi) is 2.55. The molecule has 0 unspecified atom stereocenters. The van der Waals surface area contributed by atoms with Crippen LogP contribution in [0.1, 0.15) is 23.7 Å². The van der Waals surface area contributed by atoms with Gasteiger partial charge in [0.15, 0.2) is 0 Å². The van der Waals surface area contributed by atoms with Crippen molar-refractivity contribution < 1.29 is 9.84 Å². The molecular weight excluding hydrogens is 176 g/mol. The highest BCUT2D eigenvalue weighted by atomic mass is 16.5. The zero-order valence-electron chi connectivity index (χ0n) is 8.07. The zero-order valence-corrected chi connectivity index (χ0v) is 8.07. The van der Waals surface area contributed by atoms with E-state index in [1.165, 1.54) is 5.56 Å². The zero-order chi connectivity index (χ0) is 9.97. The molecule has 1 aliphatic carbocycles. The molecule has 2 rings (SSSR count). The van der Waals surface area contributed by atoms with Gasteiger partial charge < -0.3 is 9.84 Å². The first-order valence-electron chi connectivity index (χ1n) is 4.86. The number of rotatable bonds is 3. The highest BCUT2D eigenvalue weighted by molar-refractivity contribution is 5.44. The summed E-state index contributed by atoms with van der Waals surface area (Å²) in [5.74, 6) is 0.799. The summed E-state index contributed by atoms with van der Waals surface area (Å²) in [6, 6.07) is 5.92. The Morgan fingerprint density at radius 1 is 1.57 bits per heavy atom. The molecule has 0 bridgehead atoms. The molecule has 0 heterocycles. The number of hydrogen-bond donors (Lipinski definition) is 1. The molecule has 0 fully saturated rings.